The largest absolute Gasteiger partial charge is 0.478 e. The Morgan fingerprint density at radius 3 is 2.60 bits per heavy atom. The van der Waals surface area contributed by atoms with Crippen molar-refractivity contribution in [2.75, 3.05) is 6.61 Å². The number of rotatable bonds is 4. The molecule has 1 aromatic heterocycles. The molecule has 3 N–H and O–H groups in total. The number of nitrogens with one attached hydrogen (secondary N) is 1. The number of aromatic nitrogens is 1. The summed E-state index contributed by atoms with van der Waals surface area (Å²) < 4.78 is 14.6. The molecule has 0 fully saturated rings. The maximum absolute atomic E-state index is 14.6. The van der Waals surface area contributed by atoms with E-state index in [2.05, 4.69) is 4.98 Å². The maximum atomic E-state index is 14.6. The van der Waals surface area contributed by atoms with Gasteiger partial charge in [-0.25, -0.2) is 9.18 Å². The molecule has 0 amide bonds. The van der Waals surface area contributed by atoms with E-state index in [-0.39, 0.29) is 12.2 Å². The Morgan fingerprint density at radius 1 is 1.28 bits per heavy atom. The Balaban J connectivity index is 2.16. The fourth-order valence-corrected chi connectivity index (χ4v) is 3.13. The van der Waals surface area contributed by atoms with Crippen LogP contribution in [0.15, 0.2) is 36.5 Å². The lowest BCUT2D eigenvalue weighted by atomic mass is 9.84. The van der Waals surface area contributed by atoms with Crippen LogP contribution in [0.5, 0.6) is 0 Å². The molecule has 0 atom stereocenters. The SMILES string of the molecule is CC(C)(CO)c1ccc(-c2cc3c(C(=O)O)c[nH]c3cc2Cl)cc1F. The second-order valence-corrected chi connectivity index (χ2v) is 7.03. The first kappa shape index (κ1) is 17.5. The summed E-state index contributed by atoms with van der Waals surface area (Å²) in [6.07, 6.45) is 1.40. The molecule has 3 rings (SSSR count). The van der Waals surface area contributed by atoms with Crippen molar-refractivity contribution in [3.8, 4) is 11.1 Å². The van der Waals surface area contributed by atoms with Gasteiger partial charge in [-0.3, -0.25) is 0 Å². The van der Waals surface area contributed by atoms with Gasteiger partial charge in [0.2, 0.25) is 0 Å². The van der Waals surface area contributed by atoms with Crippen molar-refractivity contribution in [2.45, 2.75) is 19.3 Å². The first-order chi connectivity index (χ1) is 11.7. The number of hydrogen-bond acceptors (Lipinski definition) is 2. The Kier molecular flexibility index (Phi) is 4.31. The van der Waals surface area contributed by atoms with Gasteiger partial charge < -0.3 is 15.2 Å². The van der Waals surface area contributed by atoms with Gasteiger partial charge in [-0.2, -0.15) is 0 Å². The van der Waals surface area contributed by atoms with Crippen LogP contribution in [0.3, 0.4) is 0 Å². The van der Waals surface area contributed by atoms with E-state index in [0.717, 1.165) is 0 Å². The standard InChI is InChI=1S/C19H17ClFNO3/c1-19(2,9-23)14-4-3-10(5-16(14)21)11-6-12-13(18(24)25)8-22-17(12)7-15(11)20/h3-8,22-23H,9H2,1-2H3,(H,24,25). The number of aromatic amines is 1. The van der Waals surface area contributed by atoms with Gasteiger partial charge in [-0.05, 0) is 29.3 Å². The summed E-state index contributed by atoms with van der Waals surface area (Å²) in [7, 11) is 0. The zero-order valence-corrected chi connectivity index (χ0v) is 14.5. The van der Waals surface area contributed by atoms with Crippen LogP contribution in [0.2, 0.25) is 5.02 Å². The van der Waals surface area contributed by atoms with Crippen molar-refractivity contribution in [2.24, 2.45) is 0 Å². The fraction of sp³-hybridized carbons (Fsp3) is 0.211. The van der Waals surface area contributed by atoms with Gasteiger partial charge in [0.1, 0.15) is 5.82 Å². The number of carboxylic acid groups (broad SMARTS) is 1. The molecular weight excluding hydrogens is 345 g/mol. The van der Waals surface area contributed by atoms with E-state index in [0.29, 0.717) is 32.6 Å². The molecular formula is C19H17ClFNO3. The predicted molar refractivity (Wildman–Crippen MR) is 95.8 cm³/mol. The minimum Gasteiger partial charge on any atom is -0.478 e. The van der Waals surface area contributed by atoms with Crippen LogP contribution in [-0.4, -0.2) is 27.8 Å². The quantitative estimate of drug-likeness (QED) is 0.636. The zero-order chi connectivity index (χ0) is 18.4. The summed E-state index contributed by atoms with van der Waals surface area (Å²) in [5.74, 6) is -1.49. The molecule has 130 valence electrons. The third-order valence-electron chi connectivity index (χ3n) is 4.40. The summed E-state index contributed by atoms with van der Waals surface area (Å²) in [6.45, 7) is 3.33. The molecule has 1 heterocycles. The highest BCUT2D eigenvalue weighted by Crippen LogP contribution is 2.35. The lowest BCUT2D eigenvalue weighted by molar-refractivity contribution is 0.0699. The second-order valence-electron chi connectivity index (χ2n) is 6.62. The minimum absolute atomic E-state index is 0.131. The van der Waals surface area contributed by atoms with Crippen molar-refractivity contribution in [1.82, 2.24) is 4.98 Å². The van der Waals surface area contributed by atoms with Crippen molar-refractivity contribution in [3.63, 3.8) is 0 Å². The van der Waals surface area contributed by atoms with Crippen LogP contribution in [0.25, 0.3) is 22.0 Å². The Labute approximate surface area is 148 Å². The van der Waals surface area contributed by atoms with Crippen LogP contribution in [0, 0.1) is 5.82 Å². The van der Waals surface area contributed by atoms with Crippen molar-refractivity contribution < 1.29 is 19.4 Å². The summed E-state index contributed by atoms with van der Waals surface area (Å²) in [5, 5.41) is 19.6. The van der Waals surface area contributed by atoms with Gasteiger partial charge in [-0.15, -0.1) is 0 Å². The van der Waals surface area contributed by atoms with Gasteiger partial charge in [-0.1, -0.05) is 37.6 Å². The number of aliphatic hydroxyl groups is 1. The van der Waals surface area contributed by atoms with Gasteiger partial charge in [0, 0.05) is 28.1 Å². The number of aromatic carboxylic acids is 1. The highest BCUT2D eigenvalue weighted by Gasteiger charge is 2.24. The molecule has 0 unspecified atom stereocenters. The number of aliphatic hydroxyl groups excluding tert-OH is 1. The molecule has 0 spiro atoms. The first-order valence-electron chi connectivity index (χ1n) is 7.70. The molecule has 0 aliphatic carbocycles. The minimum atomic E-state index is -1.05. The summed E-state index contributed by atoms with van der Waals surface area (Å²) in [5.41, 5.74) is 1.52. The molecule has 3 aromatic rings. The molecule has 4 nitrogen and oxygen atoms in total. The van der Waals surface area contributed by atoms with Gasteiger partial charge >= 0.3 is 5.97 Å². The maximum Gasteiger partial charge on any atom is 0.337 e. The number of halogens is 2. The lowest BCUT2D eigenvalue weighted by Crippen LogP contribution is -2.23. The van der Waals surface area contributed by atoms with E-state index >= 15 is 0 Å². The predicted octanol–water partition coefficient (Wildman–Crippen LogP) is 4.60. The van der Waals surface area contributed by atoms with E-state index in [1.807, 2.05) is 0 Å². The third-order valence-corrected chi connectivity index (χ3v) is 4.72. The van der Waals surface area contributed by atoms with E-state index in [1.165, 1.54) is 12.3 Å². The molecule has 25 heavy (non-hydrogen) atoms. The average Bonchev–Trinajstić information content (AvgIpc) is 2.96. The molecule has 0 radical (unpaired) electrons. The Morgan fingerprint density at radius 2 is 2.00 bits per heavy atom. The Hall–Kier alpha value is -2.37. The molecule has 6 heteroatoms. The number of carboxylic acids is 1. The monoisotopic (exact) mass is 361 g/mol. The number of benzene rings is 2. The topological polar surface area (TPSA) is 73.3 Å². The van der Waals surface area contributed by atoms with Crippen molar-refractivity contribution in [3.05, 3.63) is 58.5 Å². The summed E-state index contributed by atoms with van der Waals surface area (Å²) >= 11 is 6.31. The van der Waals surface area contributed by atoms with Crippen LogP contribution < -0.4 is 0 Å². The van der Waals surface area contributed by atoms with Gasteiger partial charge in [0.15, 0.2) is 0 Å². The normalized spacial score (nSPS) is 11.9. The van der Waals surface area contributed by atoms with Gasteiger partial charge in [0.25, 0.3) is 0 Å². The van der Waals surface area contributed by atoms with E-state index < -0.39 is 17.2 Å². The number of H-pyrrole nitrogens is 1. The Bertz CT molecular complexity index is 978. The highest BCUT2D eigenvalue weighted by molar-refractivity contribution is 6.34. The molecule has 0 saturated carbocycles. The summed E-state index contributed by atoms with van der Waals surface area (Å²) in [4.78, 5) is 14.2. The van der Waals surface area contributed by atoms with Crippen LogP contribution >= 0.6 is 11.6 Å². The average molecular weight is 362 g/mol. The molecule has 2 aromatic carbocycles. The fourth-order valence-electron chi connectivity index (χ4n) is 2.86. The third kappa shape index (κ3) is 3.01. The van der Waals surface area contributed by atoms with E-state index in [9.17, 15) is 19.4 Å². The first-order valence-corrected chi connectivity index (χ1v) is 8.07. The molecule has 0 bridgehead atoms. The molecule has 0 aliphatic rings. The van der Waals surface area contributed by atoms with Crippen LogP contribution in [0.1, 0.15) is 29.8 Å². The highest BCUT2D eigenvalue weighted by atomic mass is 35.5. The van der Waals surface area contributed by atoms with Gasteiger partial charge in [0.05, 0.1) is 17.2 Å². The second kappa shape index (κ2) is 6.17. The van der Waals surface area contributed by atoms with Crippen LogP contribution in [0.4, 0.5) is 4.39 Å². The smallest absolute Gasteiger partial charge is 0.337 e. The molecule has 0 saturated heterocycles. The van der Waals surface area contributed by atoms with Crippen LogP contribution in [-0.2, 0) is 5.41 Å². The van der Waals surface area contributed by atoms with E-state index in [4.69, 9.17) is 11.6 Å². The van der Waals surface area contributed by atoms with E-state index in [1.54, 1.807) is 38.1 Å². The lowest BCUT2D eigenvalue weighted by Gasteiger charge is -2.23. The van der Waals surface area contributed by atoms with Crippen molar-refractivity contribution in [1.29, 1.82) is 0 Å². The zero-order valence-electron chi connectivity index (χ0n) is 13.7. The number of carbonyl (C=O) groups is 1. The van der Waals surface area contributed by atoms with Crippen molar-refractivity contribution >= 4 is 28.5 Å². The summed E-state index contributed by atoms with van der Waals surface area (Å²) in [6, 6.07) is 7.96. The number of hydrogen-bond donors (Lipinski definition) is 3. The molecule has 0 aliphatic heterocycles. The number of fused-ring (bicyclic) bond motifs is 1.